The summed E-state index contributed by atoms with van der Waals surface area (Å²) in [6.45, 7) is 9.80. The molecule has 0 atom stereocenters. The molecule has 0 unspecified atom stereocenters. The highest BCUT2D eigenvalue weighted by Crippen LogP contribution is 2.29. The molecule has 1 aromatic carbocycles. The third-order valence-electron chi connectivity index (χ3n) is 4.48. The minimum absolute atomic E-state index is 0.524. The molecule has 1 saturated heterocycles. The van der Waals surface area contributed by atoms with Crippen LogP contribution in [0, 0.1) is 5.41 Å². The van der Waals surface area contributed by atoms with Gasteiger partial charge in [-0.3, -0.25) is 0 Å². The van der Waals surface area contributed by atoms with Crippen molar-refractivity contribution in [3.8, 4) is 5.75 Å². The van der Waals surface area contributed by atoms with Crippen LogP contribution in [0.25, 0.3) is 0 Å². The van der Waals surface area contributed by atoms with Crippen LogP contribution in [0.5, 0.6) is 5.75 Å². The zero-order valence-electron chi connectivity index (χ0n) is 13.6. The van der Waals surface area contributed by atoms with Crippen LogP contribution in [0.4, 0.5) is 0 Å². The Morgan fingerprint density at radius 2 is 1.90 bits per heavy atom. The summed E-state index contributed by atoms with van der Waals surface area (Å²) in [5.74, 6) is 0.948. The van der Waals surface area contributed by atoms with Gasteiger partial charge in [0.25, 0.3) is 0 Å². The second-order valence-electron chi connectivity index (χ2n) is 6.91. The molecule has 0 spiro atoms. The van der Waals surface area contributed by atoms with E-state index >= 15 is 0 Å². The summed E-state index contributed by atoms with van der Waals surface area (Å²) in [5.41, 5.74) is 7.26. The highest BCUT2D eigenvalue weighted by molar-refractivity contribution is 5.26. The van der Waals surface area contributed by atoms with Crippen LogP contribution < -0.4 is 10.5 Å². The van der Waals surface area contributed by atoms with Crippen molar-refractivity contribution >= 4 is 0 Å². The molecule has 118 valence electrons. The molecule has 1 aliphatic heterocycles. The fourth-order valence-corrected chi connectivity index (χ4v) is 2.90. The topological polar surface area (TPSA) is 38.5 Å². The van der Waals surface area contributed by atoms with E-state index in [1.165, 1.54) is 32.4 Å². The molecule has 0 amide bonds. The lowest BCUT2D eigenvalue weighted by atomic mass is 9.85. The molecule has 0 saturated carbocycles. The van der Waals surface area contributed by atoms with E-state index in [9.17, 15) is 0 Å². The lowest BCUT2D eigenvalue weighted by molar-refractivity contribution is 0.231. The molecule has 3 heteroatoms. The van der Waals surface area contributed by atoms with Gasteiger partial charge in [0.1, 0.15) is 5.75 Å². The first-order chi connectivity index (χ1) is 10.1. The number of nitrogens with zero attached hydrogens (tertiary/aromatic N) is 1. The zero-order chi connectivity index (χ0) is 15.1. The standard InChI is InChI=1S/C18H30N2O/c1-18(2)9-3-11-20(13-10-18)12-4-14-21-17-7-5-16(15-19)6-8-17/h5-8H,3-4,9-15,19H2,1-2H3. The Bertz CT molecular complexity index is 414. The maximum atomic E-state index is 5.80. The Hall–Kier alpha value is -1.06. The largest absolute Gasteiger partial charge is 0.494 e. The Labute approximate surface area is 129 Å². The van der Waals surface area contributed by atoms with Gasteiger partial charge in [0.2, 0.25) is 0 Å². The molecular formula is C18H30N2O. The summed E-state index contributed by atoms with van der Waals surface area (Å²) in [7, 11) is 0. The second kappa shape index (κ2) is 7.81. The van der Waals surface area contributed by atoms with Crippen molar-refractivity contribution in [2.75, 3.05) is 26.2 Å². The number of benzene rings is 1. The van der Waals surface area contributed by atoms with Gasteiger partial charge in [0.05, 0.1) is 6.61 Å². The summed E-state index contributed by atoms with van der Waals surface area (Å²) < 4.78 is 5.80. The smallest absolute Gasteiger partial charge is 0.119 e. The molecular weight excluding hydrogens is 260 g/mol. The van der Waals surface area contributed by atoms with E-state index in [0.29, 0.717) is 12.0 Å². The first-order valence-electron chi connectivity index (χ1n) is 8.23. The quantitative estimate of drug-likeness (QED) is 0.816. The van der Waals surface area contributed by atoms with Crippen molar-refractivity contribution in [1.29, 1.82) is 0 Å². The first kappa shape index (κ1) is 16.3. The van der Waals surface area contributed by atoms with Crippen LogP contribution >= 0.6 is 0 Å². The fraction of sp³-hybridized carbons (Fsp3) is 0.667. The minimum atomic E-state index is 0.524. The van der Waals surface area contributed by atoms with Crippen LogP contribution in [0.1, 0.15) is 45.1 Å². The van der Waals surface area contributed by atoms with Crippen LogP contribution in [0.2, 0.25) is 0 Å². The fourth-order valence-electron chi connectivity index (χ4n) is 2.90. The van der Waals surface area contributed by atoms with Crippen molar-refractivity contribution in [3.05, 3.63) is 29.8 Å². The van der Waals surface area contributed by atoms with Gasteiger partial charge in [0, 0.05) is 13.1 Å². The highest BCUT2D eigenvalue weighted by atomic mass is 16.5. The summed E-state index contributed by atoms with van der Waals surface area (Å²) in [6.07, 6.45) is 5.09. The number of hydrogen-bond acceptors (Lipinski definition) is 3. The normalized spacial score (nSPS) is 19.2. The van der Waals surface area contributed by atoms with E-state index in [4.69, 9.17) is 10.5 Å². The van der Waals surface area contributed by atoms with Crippen LogP contribution in [-0.2, 0) is 6.54 Å². The summed E-state index contributed by atoms with van der Waals surface area (Å²) in [5, 5.41) is 0. The highest BCUT2D eigenvalue weighted by Gasteiger charge is 2.22. The molecule has 0 radical (unpaired) electrons. The summed E-state index contributed by atoms with van der Waals surface area (Å²) in [4.78, 5) is 2.59. The van der Waals surface area contributed by atoms with E-state index < -0.39 is 0 Å². The van der Waals surface area contributed by atoms with Gasteiger partial charge in [-0.15, -0.1) is 0 Å². The second-order valence-corrected chi connectivity index (χ2v) is 6.91. The van der Waals surface area contributed by atoms with Gasteiger partial charge >= 0.3 is 0 Å². The molecule has 2 N–H and O–H groups in total. The molecule has 1 heterocycles. The molecule has 0 aliphatic carbocycles. The number of likely N-dealkylation sites (tertiary alicyclic amines) is 1. The molecule has 1 fully saturated rings. The van der Waals surface area contributed by atoms with Crippen molar-refractivity contribution in [2.24, 2.45) is 11.1 Å². The third-order valence-corrected chi connectivity index (χ3v) is 4.48. The van der Waals surface area contributed by atoms with Crippen LogP contribution in [0.15, 0.2) is 24.3 Å². The molecule has 1 aliphatic rings. The van der Waals surface area contributed by atoms with E-state index in [-0.39, 0.29) is 0 Å². The van der Waals surface area contributed by atoms with Gasteiger partial charge < -0.3 is 15.4 Å². The van der Waals surface area contributed by atoms with E-state index in [2.05, 4.69) is 18.7 Å². The Kier molecular flexibility index (Phi) is 6.07. The Morgan fingerprint density at radius 3 is 2.62 bits per heavy atom. The van der Waals surface area contributed by atoms with Gasteiger partial charge in [-0.1, -0.05) is 26.0 Å². The van der Waals surface area contributed by atoms with Crippen LogP contribution in [0.3, 0.4) is 0 Å². The minimum Gasteiger partial charge on any atom is -0.494 e. The Morgan fingerprint density at radius 1 is 1.14 bits per heavy atom. The molecule has 0 bridgehead atoms. The lowest BCUT2D eigenvalue weighted by Crippen LogP contribution is -2.27. The zero-order valence-corrected chi connectivity index (χ0v) is 13.6. The molecule has 1 aromatic rings. The molecule has 0 aromatic heterocycles. The lowest BCUT2D eigenvalue weighted by Gasteiger charge is -2.23. The first-order valence-corrected chi connectivity index (χ1v) is 8.23. The SMILES string of the molecule is CC1(C)CCCN(CCCOc2ccc(CN)cc2)CC1. The van der Waals surface area contributed by atoms with Gasteiger partial charge in [-0.25, -0.2) is 0 Å². The predicted octanol–water partition coefficient (Wildman–Crippen LogP) is 3.43. The molecule has 2 rings (SSSR count). The number of hydrogen-bond donors (Lipinski definition) is 1. The third kappa shape index (κ3) is 5.68. The van der Waals surface area contributed by atoms with Gasteiger partial charge in [-0.05, 0) is 61.9 Å². The van der Waals surface area contributed by atoms with Crippen molar-refractivity contribution in [1.82, 2.24) is 4.90 Å². The van der Waals surface area contributed by atoms with E-state index in [1.807, 2.05) is 24.3 Å². The van der Waals surface area contributed by atoms with Crippen molar-refractivity contribution < 1.29 is 4.74 Å². The van der Waals surface area contributed by atoms with Crippen molar-refractivity contribution in [2.45, 2.75) is 46.1 Å². The number of rotatable bonds is 6. The Balaban J connectivity index is 1.65. The average Bonchev–Trinajstić information content (AvgIpc) is 2.65. The maximum absolute atomic E-state index is 5.80. The van der Waals surface area contributed by atoms with Crippen molar-refractivity contribution in [3.63, 3.8) is 0 Å². The average molecular weight is 290 g/mol. The van der Waals surface area contributed by atoms with E-state index in [0.717, 1.165) is 30.9 Å². The van der Waals surface area contributed by atoms with Gasteiger partial charge in [-0.2, -0.15) is 0 Å². The number of ether oxygens (including phenoxy) is 1. The molecule has 21 heavy (non-hydrogen) atoms. The monoisotopic (exact) mass is 290 g/mol. The number of nitrogens with two attached hydrogens (primary N) is 1. The summed E-state index contributed by atoms with van der Waals surface area (Å²) in [6, 6.07) is 8.09. The molecule has 3 nitrogen and oxygen atoms in total. The maximum Gasteiger partial charge on any atom is 0.119 e. The summed E-state index contributed by atoms with van der Waals surface area (Å²) >= 11 is 0. The van der Waals surface area contributed by atoms with Gasteiger partial charge in [0.15, 0.2) is 0 Å². The van der Waals surface area contributed by atoms with E-state index in [1.54, 1.807) is 0 Å². The predicted molar refractivity (Wildman–Crippen MR) is 88.5 cm³/mol. The van der Waals surface area contributed by atoms with Crippen LogP contribution in [-0.4, -0.2) is 31.1 Å².